The summed E-state index contributed by atoms with van der Waals surface area (Å²) in [7, 11) is 0. The number of aromatic amines is 1. The van der Waals surface area contributed by atoms with E-state index in [2.05, 4.69) is 10.3 Å². The molecule has 0 saturated carbocycles. The van der Waals surface area contributed by atoms with Crippen LogP contribution in [0.5, 0.6) is 0 Å². The summed E-state index contributed by atoms with van der Waals surface area (Å²) in [4.78, 5) is 13.6. The van der Waals surface area contributed by atoms with Crippen LogP contribution in [0.1, 0.15) is 13.8 Å². The first-order chi connectivity index (χ1) is 8.51. The zero-order chi connectivity index (χ0) is 13.3. The third-order valence-corrected chi connectivity index (χ3v) is 3.12. The first-order valence-corrected chi connectivity index (χ1v) is 5.81. The topological polar surface area (TPSA) is 104 Å². The largest absolute Gasteiger partial charge is 0.417 e. The zero-order valence-electron chi connectivity index (χ0n) is 10.4. The van der Waals surface area contributed by atoms with Gasteiger partial charge in [-0.1, -0.05) is 6.92 Å². The van der Waals surface area contributed by atoms with E-state index in [1.807, 2.05) is 13.8 Å². The molecular formula is C12H17N3O3. The highest BCUT2D eigenvalue weighted by Crippen LogP contribution is 2.25. The Balaban J connectivity index is 2.32. The Kier molecular flexibility index (Phi) is 3.29. The van der Waals surface area contributed by atoms with Crippen LogP contribution in [0.2, 0.25) is 0 Å². The van der Waals surface area contributed by atoms with Gasteiger partial charge < -0.3 is 20.6 Å². The van der Waals surface area contributed by atoms with Gasteiger partial charge in [-0.25, -0.2) is 4.79 Å². The van der Waals surface area contributed by atoms with E-state index in [1.165, 1.54) is 0 Å². The van der Waals surface area contributed by atoms with E-state index in [1.54, 1.807) is 12.1 Å². The van der Waals surface area contributed by atoms with Crippen LogP contribution in [-0.2, 0) is 0 Å². The fourth-order valence-electron chi connectivity index (χ4n) is 1.68. The van der Waals surface area contributed by atoms with Gasteiger partial charge >= 0.3 is 5.76 Å². The van der Waals surface area contributed by atoms with Gasteiger partial charge in [-0.05, 0) is 18.9 Å². The van der Waals surface area contributed by atoms with E-state index >= 15 is 0 Å². The van der Waals surface area contributed by atoms with Crippen LogP contribution in [0.3, 0.4) is 0 Å². The highest BCUT2D eigenvalue weighted by molar-refractivity contribution is 5.85. The van der Waals surface area contributed by atoms with Crippen LogP contribution in [0.15, 0.2) is 21.3 Å². The van der Waals surface area contributed by atoms with Gasteiger partial charge in [0, 0.05) is 18.7 Å². The standard InChI is InChI=1S/C12H17N3O3/c1-6(5-16)7(2)14-9-4-10-11(3-8(9)13)18-12(17)15-10/h3-4,6-7,14,16H,5,13H2,1-2H3,(H,15,17). The number of aliphatic hydroxyl groups excluding tert-OH is 1. The molecule has 0 radical (unpaired) electrons. The average molecular weight is 251 g/mol. The molecular weight excluding hydrogens is 234 g/mol. The van der Waals surface area contributed by atoms with Crippen molar-refractivity contribution < 1.29 is 9.52 Å². The molecule has 0 aliphatic rings. The molecule has 0 aliphatic heterocycles. The molecule has 0 fully saturated rings. The van der Waals surface area contributed by atoms with Gasteiger partial charge in [-0.3, -0.25) is 4.98 Å². The number of hydrogen-bond donors (Lipinski definition) is 4. The van der Waals surface area contributed by atoms with Crippen molar-refractivity contribution in [2.45, 2.75) is 19.9 Å². The lowest BCUT2D eigenvalue weighted by Gasteiger charge is -2.21. The van der Waals surface area contributed by atoms with Crippen molar-refractivity contribution in [2.75, 3.05) is 17.7 Å². The van der Waals surface area contributed by atoms with E-state index in [0.717, 1.165) is 0 Å². The molecule has 1 aromatic carbocycles. The molecule has 0 aliphatic carbocycles. The minimum atomic E-state index is -0.502. The predicted molar refractivity (Wildman–Crippen MR) is 70.6 cm³/mol. The SMILES string of the molecule is CC(CO)C(C)Nc1cc2[nH]c(=O)oc2cc1N. The number of fused-ring (bicyclic) bond motifs is 1. The Hall–Kier alpha value is -1.95. The van der Waals surface area contributed by atoms with Crippen LogP contribution >= 0.6 is 0 Å². The molecule has 2 aromatic rings. The molecule has 18 heavy (non-hydrogen) atoms. The van der Waals surface area contributed by atoms with Crippen LogP contribution in [0.25, 0.3) is 11.1 Å². The normalized spacial score (nSPS) is 14.6. The molecule has 0 spiro atoms. The van der Waals surface area contributed by atoms with Crippen LogP contribution in [0.4, 0.5) is 11.4 Å². The number of nitrogens with two attached hydrogens (primary N) is 1. The number of rotatable bonds is 4. The second-order valence-corrected chi connectivity index (χ2v) is 4.54. The number of H-pyrrole nitrogens is 1. The Morgan fingerprint density at radius 3 is 2.89 bits per heavy atom. The van der Waals surface area contributed by atoms with Gasteiger partial charge in [-0.2, -0.15) is 0 Å². The second kappa shape index (κ2) is 4.73. The second-order valence-electron chi connectivity index (χ2n) is 4.54. The van der Waals surface area contributed by atoms with Gasteiger partial charge in [0.1, 0.15) is 0 Å². The van der Waals surface area contributed by atoms with E-state index in [-0.39, 0.29) is 18.6 Å². The van der Waals surface area contributed by atoms with Crippen LogP contribution < -0.4 is 16.8 Å². The number of nitrogen functional groups attached to an aromatic ring is 1. The Labute approximate surface area is 104 Å². The maximum Gasteiger partial charge on any atom is 0.417 e. The van der Waals surface area contributed by atoms with E-state index < -0.39 is 5.76 Å². The lowest BCUT2D eigenvalue weighted by Crippen LogP contribution is -2.26. The summed E-state index contributed by atoms with van der Waals surface area (Å²) < 4.78 is 4.92. The summed E-state index contributed by atoms with van der Waals surface area (Å²) in [6, 6.07) is 3.40. The van der Waals surface area contributed by atoms with Gasteiger partial charge in [-0.15, -0.1) is 0 Å². The molecule has 0 amide bonds. The summed E-state index contributed by atoms with van der Waals surface area (Å²) in [5.41, 5.74) is 8.14. The summed E-state index contributed by atoms with van der Waals surface area (Å²) >= 11 is 0. The lowest BCUT2D eigenvalue weighted by molar-refractivity contribution is 0.226. The number of aromatic nitrogens is 1. The first-order valence-electron chi connectivity index (χ1n) is 5.81. The van der Waals surface area contributed by atoms with Crippen molar-refractivity contribution in [1.82, 2.24) is 4.98 Å². The number of anilines is 2. The average Bonchev–Trinajstić information content (AvgIpc) is 2.67. The molecule has 2 atom stereocenters. The van der Waals surface area contributed by atoms with Crippen LogP contribution in [-0.4, -0.2) is 22.7 Å². The monoisotopic (exact) mass is 251 g/mol. The van der Waals surface area contributed by atoms with Gasteiger partial charge in [0.15, 0.2) is 5.58 Å². The van der Waals surface area contributed by atoms with Gasteiger partial charge in [0.05, 0.1) is 16.9 Å². The molecule has 0 bridgehead atoms. The van der Waals surface area contributed by atoms with Crippen molar-refractivity contribution in [3.8, 4) is 0 Å². The number of oxazole rings is 1. The molecule has 1 aromatic heterocycles. The summed E-state index contributed by atoms with van der Waals surface area (Å²) in [6.07, 6.45) is 0. The maximum absolute atomic E-state index is 11.1. The van der Waals surface area contributed by atoms with E-state index in [0.29, 0.717) is 22.5 Å². The number of aliphatic hydroxyl groups is 1. The van der Waals surface area contributed by atoms with Crippen molar-refractivity contribution in [3.05, 3.63) is 22.7 Å². The zero-order valence-corrected chi connectivity index (χ0v) is 10.4. The summed E-state index contributed by atoms with van der Waals surface area (Å²) in [5.74, 6) is -0.401. The van der Waals surface area contributed by atoms with E-state index in [4.69, 9.17) is 15.3 Å². The summed E-state index contributed by atoms with van der Waals surface area (Å²) in [6.45, 7) is 3.99. The molecule has 6 heteroatoms. The molecule has 1 heterocycles. The number of nitrogens with one attached hydrogen (secondary N) is 2. The molecule has 2 rings (SSSR count). The molecule has 5 N–H and O–H groups in total. The molecule has 6 nitrogen and oxygen atoms in total. The quantitative estimate of drug-likeness (QED) is 0.610. The fraction of sp³-hybridized carbons (Fsp3) is 0.417. The van der Waals surface area contributed by atoms with E-state index in [9.17, 15) is 4.79 Å². The lowest BCUT2D eigenvalue weighted by atomic mass is 10.0. The maximum atomic E-state index is 11.1. The Bertz CT molecular complexity index is 602. The molecule has 0 saturated heterocycles. The number of hydrogen-bond acceptors (Lipinski definition) is 5. The minimum Gasteiger partial charge on any atom is -0.408 e. The Morgan fingerprint density at radius 1 is 1.50 bits per heavy atom. The highest BCUT2D eigenvalue weighted by Gasteiger charge is 2.13. The minimum absolute atomic E-state index is 0.0633. The third kappa shape index (κ3) is 2.33. The van der Waals surface area contributed by atoms with Crippen LogP contribution in [0, 0.1) is 5.92 Å². The number of benzene rings is 1. The van der Waals surface area contributed by atoms with Crippen molar-refractivity contribution >= 4 is 22.5 Å². The highest BCUT2D eigenvalue weighted by atomic mass is 16.4. The van der Waals surface area contributed by atoms with Gasteiger partial charge in [0.25, 0.3) is 0 Å². The molecule has 2 unspecified atom stereocenters. The molecule has 98 valence electrons. The first kappa shape index (κ1) is 12.5. The predicted octanol–water partition coefficient (Wildman–Crippen LogP) is 1.13. The Morgan fingerprint density at radius 2 is 2.22 bits per heavy atom. The third-order valence-electron chi connectivity index (χ3n) is 3.12. The van der Waals surface area contributed by atoms with Crippen molar-refractivity contribution in [2.24, 2.45) is 5.92 Å². The smallest absolute Gasteiger partial charge is 0.408 e. The fourth-order valence-corrected chi connectivity index (χ4v) is 1.68. The van der Waals surface area contributed by atoms with Crippen molar-refractivity contribution in [3.63, 3.8) is 0 Å². The van der Waals surface area contributed by atoms with Gasteiger partial charge in [0.2, 0.25) is 0 Å². The summed E-state index contributed by atoms with van der Waals surface area (Å²) in [5, 5.41) is 12.3. The van der Waals surface area contributed by atoms with Crippen molar-refractivity contribution in [1.29, 1.82) is 0 Å².